The van der Waals surface area contributed by atoms with Crippen molar-refractivity contribution in [3.8, 4) is 0 Å². The molecule has 0 aromatic carbocycles. The molecule has 3 N–H and O–H groups in total. The largest absolute Gasteiger partial charge is 0.387 e. The molecular formula is C11H23N3O2S. The zero-order valence-corrected chi connectivity index (χ0v) is 11.3. The summed E-state index contributed by atoms with van der Waals surface area (Å²) in [5.41, 5.74) is 5.93. The van der Waals surface area contributed by atoms with Gasteiger partial charge in [0.05, 0.1) is 12.1 Å². The zero-order chi connectivity index (χ0) is 12.7. The van der Waals surface area contributed by atoms with Crippen LogP contribution in [0.25, 0.3) is 0 Å². The summed E-state index contributed by atoms with van der Waals surface area (Å²) >= 11 is 0. The van der Waals surface area contributed by atoms with E-state index in [9.17, 15) is 8.42 Å². The average Bonchev–Trinajstić information content (AvgIpc) is 2.28. The molecule has 0 bridgehead atoms. The number of sulfonamides is 1. The van der Waals surface area contributed by atoms with E-state index < -0.39 is 10.0 Å². The lowest BCUT2D eigenvalue weighted by atomic mass is 9.88. The summed E-state index contributed by atoms with van der Waals surface area (Å²) in [6, 6.07) is 0. The van der Waals surface area contributed by atoms with Crippen molar-refractivity contribution >= 4 is 15.9 Å². The maximum Gasteiger partial charge on any atom is 0.208 e. The van der Waals surface area contributed by atoms with Crippen LogP contribution < -0.4 is 10.5 Å². The van der Waals surface area contributed by atoms with E-state index >= 15 is 0 Å². The molecule has 0 unspecified atom stereocenters. The minimum atomic E-state index is -3.08. The van der Waals surface area contributed by atoms with Crippen LogP contribution in [-0.2, 0) is 10.0 Å². The van der Waals surface area contributed by atoms with Crippen LogP contribution in [0.2, 0.25) is 0 Å². The summed E-state index contributed by atoms with van der Waals surface area (Å²) in [5, 5.41) is 0. The second kappa shape index (κ2) is 6.96. The van der Waals surface area contributed by atoms with E-state index in [1.165, 1.54) is 19.3 Å². The molecule has 5 nitrogen and oxygen atoms in total. The van der Waals surface area contributed by atoms with Crippen LogP contribution in [0.5, 0.6) is 0 Å². The molecule has 0 amide bonds. The van der Waals surface area contributed by atoms with Gasteiger partial charge in [0.1, 0.15) is 0 Å². The Hall–Kier alpha value is -0.620. The van der Waals surface area contributed by atoms with Crippen LogP contribution in [0.1, 0.15) is 38.5 Å². The first-order chi connectivity index (χ1) is 7.99. The van der Waals surface area contributed by atoms with Gasteiger partial charge in [-0.15, -0.1) is 0 Å². The molecule has 0 atom stereocenters. The quantitative estimate of drug-likeness (QED) is 0.422. The highest BCUT2D eigenvalue weighted by Crippen LogP contribution is 2.23. The first kappa shape index (κ1) is 14.4. The van der Waals surface area contributed by atoms with E-state index in [1.54, 1.807) is 0 Å². The van der Waals surface area contributed by atoms with Gasteiger partial charge in [0.25, 0.3) is 0 Å². The van der Waals surface area contributed by atoms with Crippen LogP contribution in [0.4, 0.5) is 0 Å². The lowest BCUT2D eigenvalue weighted by Crippen LogP contribution is -2.27. The van der Waals surface area contributed by atoms with Gasteiger partial charge in [0.15, 0.2) is 0 Å². The average molecular weight is 261 g/mol. The van der Waals surface area contributed by atoms with Gasteiger partial charge in [0.2, 0.25) is 10.0 Å². The summed E-state index contributed by atoms with van der Waals surface area (Å²) in [5.74, 6) is 1.20. The summed E-state index contributed by atoms with van der Waals surface area (Å²) in [4.78, 5) is 4.33. The molecular weight excluding hydrogens is 238 g/mol. The SMILES string of the molecule is CS(=O)(=O)NCCCN=C(N)C1CCCCC1. The Morgan fingerprint density at radius 3 is 2.59 bits per heavy atom. The maximum absolute atomic E-state index is 10.8. The summed E-state index contributed by atoms with van der Waals surface area (Å²) in [6.07, 6.45) is 7.95. The first-order valence-corrected chi connectivity index (χ1v) is 8.12. The smallest absolute Gasteiger partial charge is 0.208 e. The van der Waals surface area contributed by atoms with Crippen LogP contribution >= 0.6 is 0 Å². The van der Waals surface area contributed by atoms with Crippen molar-refractivity contribution < 1.29 is 8.42 Å². The molecule has 0 radical (unpaired) electrons. The molecule has 1 aliphatic rings. The van der Waals surface area contributed by atoms with E-state index in [4.69, 9.17) is 5.73 Å². The van der Waals surface area contributed by atoms with Crippen molar-refractivity contribution in [3.63, 3.8) is 0 Å². The lowest BCUT2D eigenvalue weighted by Gasteiger charge is -2.20. The Labute approximate surface area is 104 Å². The second-order valence-corrected chi connectivity index (χ2v) is 6.49. The molecule has 1 fully saturated rings. The molecule has 0 spiro atoms. The van der Waals surface area contributed by atoms with E-state index in [-0.39, 0.29) is 0 Å². The first-order valence-electron chi connectivity index (χ1n) is 6.23. The third kappa shape index (κ3) is 6.63. The molecule has 1 saturated carbocycles. The minimum absolute atomic E-state index is 0.431. The molecule has 0 aliphatic heterocycles. The van der Waals surface area contributed by atoms with Crippen molar-refractivity contribution in [3.05, 3.63) is 0 Å². The predicted octanol–water partition coefficient (Wildman–Crippen LogP) is 0.863. The van der Waals surface area contributed by atoms with Gasteiger partial charge in [-0.2, -0.15) is 0 Å². The number of nitrogens with one attached hydrogen (secondary N) is 1. The highest BCUT2D eigenvalue weighted by molar-refractivity contribution is 7.88. The fourth-order valence-electron chi connectivity index (χ4n) is 2.07. The third-order valence-corrected chi connectivity index (χ3v) is 3.75. The van der Waals surface area contributed by atoms with Gasteiger partial charge >= 0.3 is 0 Å². The maximum atomic E-state index is 10.8. The normalized spacial score (nSPS) is 19.5. The topological polar surface area (TPSA) is 84.5 Å². The van der Waals surface area contributed by atoms with Crippen molar-refractivity contribution in [1.82, 2.24) is 4.72 Å². The van der Waals surface area contributed by atoms with Crippen molar-refractivity contribution in [2.24, 2.45) is 16.6 Å². The number of nitrogens with zero attached hydrogens (tertiary/aromatic N) is 1. The second-order valence-electron chi connectivity index (χ2n) is 4.66. The molecule has 1 aliphatic carbocycles. The molecule has 6 heteroatoms. The van der Waals surface area contributed by atoms with Crippen molar-refractivity contribution in [2.45, 2.75) is 38.5 Å². The molecule has 0 aromatic heterocycles. The number of aliphatic imine (C=N–C) groups is 1. The van der Waals surface area contributed by atoms with E-state index in [0.717, 1.165) is 24.9 Å². The molecule has 100 valence electrons. The Bertz CT molecular complexity index is 346. The Balaban J connectivity index is 2.19. The number of hydrogen-bond donors (Lipinski definition) is 2. The Morgan fingerprint density at radius 2 is 2.00 bits per heavy atom. The van der Waals surface area contributed by atoms with Crippen LogP contribution in [0, 0.1) is 5.92 Å². The monoisotopic (exact) mass is 261 g/mol. The Kier molecular flexibility index (Phi) is 5.91. The number of amidine groups is 1. The fraction of sp³-hybridized carbons (Fsp3) is 0.909. The van der Waals surface area contributed by atoms with Crippen molar-refractivity contribution in [1.29, 1.82) is 0 Å². The van der Waals surface area contributed by atoms with E-state index in [0.29, 0.717) is 25.4 Å². The van der Waals surface area contributed by atoms with Gasteiger partial charge < -0.3 is 5.73 Å². The summed E-state index contributed by atoms with van der Waals surface area (Å²) in [7, 11) is -3.08. The molecule has 0 aromatic rings. The number of nitrogens with two attached hydrogens (primary N) is 1. The zero-order valence-electron chi connectivity index (χ0n) is 10.5. The number of rotatable bonds is 6. The summed E-state index contributed by atoms with van der Waals surface area (Å²) < 4.78 is 24.0. The van der Waals surface area contributed by atoms with E-state index in [2.05, 4.69) is 9.71 Å². The standard InChI is InChI=1S/C11H23N3O2S/c1-17(15,16)14-9-5-8-13-11(12)10-6-3-2-4-7-10/h10,14H,2-9H2,1H3,(H2,12,13). The van der Waals surface area contributed by atoms with Gasteiger partial charge in [-0.3, -0.25) is 4.99 Å². The summed E-state index contributed by atoms with van der Waals surface area (Å²) in [6.45, 7) is 1.03. The van der Waals surface area contributed by atoms with Crippen LogP contribution in [0.15, 0.2) is 4.99 Å². The Morgan fingerprint density at radius 1 is 1.35 bits per heavy atom. The van der Waals surface area contributed by atoms with E-state index in [1.807, 2.05) is 0 Å². The van der Waals surface area contributed by atoms with Gasteiger partial charge in [-0.05, 0) is 19.3 Å². The van der Waals surface area contributed by atoms with Gasteiger partial charge in [-0.1, -0.05) is 19.3 Å². The number of hydrogen-bond acceptors (Lipinski definition) is 3. The highest BCUT2D eigenvalue weighted by atomic mass is 32.2. The van der Waals surface area contributed by atoms with Gasteiger partial charge in [-0.25, -0.2) is 13.1 Å². The molecule has 17 heavy (non-hydrogen) atoms. The molecule has 0 heterocycles. The van der Waals surface area contributed by atoms with Crippen LogP contribution in [0.3, 0.4) is 0 Å². The highest BCUT2D eigenvalue weighted by Gasteiger charge is 2.16. The van der Waals surface area contributed by atoms with Crippen molar-refractivity contribution in [2.75, 3.05) is 19.3 Å². The van der Waals surface area contributed by atoms with Gasteiger partial charge in [0, 0.05) is 19.0 Å². The minimum Gasteiger partial charge on any atom is -0.387 e. The third-order valence-electron chi connectivity index (χ3n) is 3.02. The van der Waals surface area contributed by atoms with Crippen LogP contribution in [-0.4, -0.2) is 33.6 Å². The fourth-order valence-corrected chi connectivity index (χ4v) is 2.59. The molecule has 1 rings (SSSR count). The predicted molar refractivity (Wildman–Crippen MR) is 70.5 cm³/mol. The molecule has 0 saturated heterocycles. The lowest BCUT2D eigenvalue weighted by molar-refractivity contribution is 0.436.